The maximum atomic E-state index is 11.0. The summed E-state index contributed by atoms with van der Waals surface area (Å²) in [5.74, 6) is 0.223. The number of carbonyl (C=O) groups is 1. The average Bonchev–Trinajstić information content (AvgIpc) is 3.17. The van der Waals surface area contributed by atoms with Crippen molar-refractivity contribution in [2.45, 2.75) is 32.4 Å². The third kappa shape index (κ3) is 2.47. The van der Waals surface area contributed by atoms with E-state index in [2.05, 4.69) is 15.5 Å². The van der Waals surface area contributed by atoms with Gasteiger partial charge >= 0.3 is 5.97 Å². The van der Waals surface area contributed by atoms with Gasteiger partial charge in [-0.2, -0.15) is 0 Å². The van der Waals surface area contributed by atoms with E-state index in [0.717, 1.165) is 18.4 Å². The van der Waals surface area contributed by atoms with Crippen molar-refractivity contribution < 1.29 is 14.6 Å². The van der Waals surface area contributed by atoms with E-state index >= 15 is 0 Å². The number of tetrazole rings is 1. The van der Waals surface area contributed by atoms with Gasteiger partial charge in [0, 0.05) is 0 Å². The van der Waals surface area contributed by atoms with Gasteiger partial charge < -0.3 is 9.84 Å². The molecular formula is C13H14N4O3. The first-order chi connectivity index (χ1) is 9.65. The summed E-state index contributed by atoms with van der Waals surface area (Å²) in [6, 6.07) is 5.18. The van der Waals surface area contributed by atoms with Gasteiger partial charge in [-0.15, -0.1) is 5.10 Å². The molecule has 7 nitrogen and oxygen atoms in total. The van der Waals surface area contributed by atoms with E-state index in [4.69, 9.17) is 9.84 Å². The maximum absolute atomic E-state index is 11.0. The Balaban J connectivity index is 1.75. The van der Waals surface area contributed by atoms with Crippen molar-refractivity contribution in [2.75, 3.05) is 0 Å². The molecular weight excluding hydrogens is 260 g/mol. The molecule has 0 atom stereocenters. The van der Waals surface area contributed by atoms with Gasteiger partial charge in [0.2, 0.25) is 0 Å². The molecule has 0 spiro atoms. The van der Waals surface area contributed by atoms with E-state index in [-0.39, 0.29) is 12.2 Å². The Kier molecular flexibility index (Phi) is 3.09. The minimum Gasteiger partial charge on any atom is -0.485 e. The Morgan fingerprint density at radius 1 is 1.50 bits per heavy atom. The van der Waals surface area contributed by atoms with Crippen LogP contribution in [0.3, 0.4) is 0 Å². The molecule has 1 saturated carbocycles. The summed E-state index contributed by atoms with van der Waals surface area (Å²) in [5.41, 5.74) is 1.08. The van der Waals surface area contributed by atoms with E-state index < -0.39 is 5.97 Å². The van der Waals surface area contributed by atoms with Crippen LogP contribution >= 0.6 is 0 Å². The lowest BCUT2D eigenvalue weighted by atomic mass is 10.1. The quantitative estimate of drug-likeness (QED) is 0.890. The predicted octanol–water partition coefficient (Wildman–Crippen LogP) is 1.59. The van der Waals surface area contributed by atoms with Gasteiger partial charge in [0.1, 0.15) is 12.4 Å². The van der Waals surface area contributed by atoms with Gasteiger partial charge in [-0.1, -0.05) is 6.07 Å². The van der Waals surface area contributed by atoms with Gasteiger partial charge in [0.25, 0.3) is 0 Å². The Hall–Kier alpha value is -2.44. The first-order valence-electron chi connectivity index (χ1n) is 6.38. The number of aromatic carboxylic acids is 1. The minimum atomic E-state index is -0.974. The largest absolute Gasteiger partial charge is 0.485 e. The van der Waals surface area contributed by atoms with Crippen LogP contribution in [0.25, 0.3) is 0 Å². The van der Waals surface area contributed by atoms with Gasteiger partial charge in [-0.25, -0.2) is 9.48 Å². The lowest BCUT2D eigenvalue weighted by Crippen LogP contribution is -2.08. The van der Waals surface area contributed by atoms with Crippen LogP contribution in [0.5, 0.6) is 5.75 Å². The van der Waals surface area contributed by atoms with E-state index in [0.29, 0.717) is 17.6 Å². The summed E-state index contributed by atoms with van der Waals surface area (Å²) in [4.78, 5) is 11.0. The summed E-state index contributed by atoms with van der Waals surface area (Å²) in [7, 11) is 0. The summed E-state index contributed by atoms with van der Waals surface area (Å²) in [5, 5.41) is 20.5. The standard InChI is InChI=1S/C13H14N4O3/c1-8-2-3-9(13(18)19)6-11(8)20-7-12-14-15-16-17(12)10-4-5-10/h2-3,6,10H,4-5,7H2,1H3,(H,18,19). The van der Waals surface area contributed by atoms with Crippen LogP contribution in [0.2, 0.25) is 0 Å². The topological polar surface area (TPSA) is 90.1 Å². The molecule has 1 heterocycles. The van der Waals surface area contributed by atoms with Gasteiger partial charge in [0.05, 0.1) is 11.6 Å². The minimum absolute atomic E-state index is 0.201. The second-order valence-electron chi connectivity index (χ2n) is 4.84. The van der Waals surface area contributed by atoms with Crippen molar-refractivity contribution >= 4 is 5.97 Å². The molecule has 0 bridgehead atoms. The molecule has 1 aromatic carbocycles. The Morgan fingerprint density at radius 2 is 2.30 bits per heavy atom. The lowest BCUT2D eigenvalue weighted by molar-refractivity contribution is 0.0696. The molecule has 1 N–H and O–H groups in total. The molecule has 20 heavy (non-hydrogen) atoms. The first-order valence-corrected chi connectivity index (χ1v) is 6.38. The second kappa shape index (κ2) is 4.92. The normalized spacial score (nSPS) is 14.2. The zero-order chi connectivity index (χ0) is 14.1. The van der Waals surface area contributed by atoms with Crippen LogP contribution in [0.15, 0.2) is 18.2 Å². The first kappa shape index (κ1) is 12.6. The summed E-state index contributed by atoms with van der Waals surface area (Å²) < 4.78 is 7.44. The van der Waals surface area contributed by atoms with Crippen molar-refractivity contribution in [2.24, 2.45) is 0 Å². The SMILES string of the molecule is Cc1ccc(C(=O)O)cc1OCc1nnnn1C1CC1. The van der Waals surface area contributed by atoms with Crippen molar-refractivity contribution in [1.29, 1.82) is 0 Å². The second-order valence-corrected chi connectivity index (χ2v) is 4.84. The van der Waals surface area contributed by atoms with E-state index in [9.17, 15) is 4.79 Å². The fraction of sp³-hybridized carbons (Fsp3) is 0.385. The molecule has 1 fully saturated rings. The van der Waals surface area contributed by atoms with Crippen molar-refractivity contribution in [1.82, 2.24) is 20.2 Å². The lowest BCUT2D eigenvalue weighted by Gasteiger charge is -2.09. The fourth-order valence-corrected chi connectivity index (χ4v) is 1.94. The Morgan fingerprint density at radius 3 is 3.00 bits per heavy atom. The number of nitrogens with zero attached hydrogens (tertiary/aromatic N) is 4. The zero-order valence-electron chi connectivity index (χ0n) is 11.0. The number of benzene rings is 1. The molecule has 0 radical (unpaired) electrons. The number of ether oxygens (including phenoxy) is 1. The van der Waals surface area contributed by atoms with Crippen LogP contribution in [0, 0.1) is 6.92 Å². The molecule has 0 amide bonds. The highest BCUT2D eigenvalue weighted by Crippen LogP contribution is 2.34. The average molecular weight is 274 g/mol. The van der Waals surface area contributed by atoms with Crippen molar-refractivity contribution in [3.05, 3.63) is 35.2 Å². The molecule has 0 aliphatic heterocycles. The molecule has 1 aliphatic carbocycles. The fourth-order valence-electron chi connectivity index (χ4n) is 1.94. The number of aromatic nitrogens is 4. The van der Waals surface area contributed by atoms with E-state index in [1.807, 2.05) is 6.92 Å². The molecule has 104 valence electrons. The number of rotatable bonds is 5. The highest BCUT2D eigenvalue weighted by Gasteiger charge is 2.27. The van der Waals surface area contributed by atoms with Gasteiger partial charge in [-0.05, 0) is 47.9 Å². The van der Waals surface area contributed by atoms with Crippen molar-refractivity contribution in [3.63, 3.8) is 0 Å². The maximum Gasteiger partial charge on any atom is 0.335 e. The number of carboxylic acid groups (broad SMARTS) is 1. The van der Waals surface area contributed by atoms with E-state index in [1.165, 1.54) is 6.07 Å². The molecule has 0 saturated heterocycles. The molecule has 7 heteroatoms. The number of aryl methyl sites for hydroxylation is 1. The number of hydrogen-bond donors (Lipinski definition) is 1. The van der Waals surface area contributed by atoms with Crippen LogP contribution in [-0.2, 0) is 6.61 Å². The van der Waals surface area contributed by atoms with Crippen molar-refractivity contribution in [3.8, 4) is 5.75 Å². The summed E-state index contributed by atoms with van der Waals surface area (Å²) in [6.45, 7) is 2.10. The van der Waals surface area contributed by atoms with E-state index in [1.54, 1.807) is 16.8 Å². The third-order valence-corrected chi connectivity index (χ3v) is 3.25. The highest BCUT2D eigenvalue weighted by molar-refractivity contribution is 5.88. The van der Waals surface area contributed by atoms with Crippen LogP contribution in [0.4, 0.5) is 0 Å². The number of carboxylic acids is 1. The molecule has 1 aliphatic rings. The van der Waals surface area contributed by atoms with Crippen LogP contribution in [0.1, 0.15) is 40.6 Å². The van der Waals surface area contributed by atoms with Gasteiger partial charge in [0.15, 0.2) is 5.82 Å². The smallest absolute Gasteiger partial charge is 0.335 e. The molecule has 3 rings (SSSR count). The molecule has 2 aromatic rings. The number of hydrogen-bond acceptors (Lipinski definition) is 5. The van der Waals surface area contributed by atoms with Gasteiger partial charge in [-0.3, -0.25) is 0 Å². The molecule has 0 unspecified atom stereocenters. The zero-order valence-corrected chi connectivity index (χ0v) is 11.0. The molecule has 1 aromatic heterocycles. The predicted molar refractivity (Wildman–Crippen MR) is 68.6 cm³/mol. The van der Waals surface area contributed by atoms with Crippen LogP contribution < -0.4 is 4.74 Å². The monoisotopic (exact) mass is 274 g/mol. The summed E-state index contributed by atoms with van der Waals surface area (Å²) >= 11 is 0. The summed E-state index contributed by atoms with van der Waals surface area (Å²) in [6.07, 6.45) is 2.18. The Bertz CT molecular complexity index is 649. The third-order valence-electron chi connectivity index (χ3n) is 3.25. The highest BCUT2D eigenvalue weighted by atomic mass is 16.5. The van der Waals surface area contributed by atoms with Crippen LogP contribution in [-0.4, -0.2) is 31.3 Å². The Labute approximate surface area is 115 Å².